The topological polar surface area (TPSA) is 15.3 Å². The maximum absolute atomic E-state index is 3.74. The normalized spacial score (nSPS) is 19.6. The average Bonchev–Trinajstić information content (AvgIpc) is 2.85. The first-order chi connectivity index (χ1) is 9.76. The Balaban J connectivity index is 2.02. The average molecular weight is 353 g/mol. The molecule has 1 aromatic rings. The number of halogens is 1. The van der Waals surface area contributed by atoms with E-state index in [1.54, 1.807) is 0 Å². The zero-order valence-corrected chi connectivity index (χ0v) is 15.6. The molecule has 3 heteroatoms. The molecule has 0 amide bonds. The lowest BCUT2D eigenvalue weighted by atomic mass is 9.95. The molecule has 0 spiro atoms. The lowest BCUT2D eigenvalue weighted by molar-refractivity contribution is 0.422. The Hall–Kier alpha value is -0.540. The summed E-state index contributed by atoms with van der Waals surface area (Å²) in [4.78, 5) is 2.52. The van der Waals surface area contributed by atoms with Gasteiger partial charge >= 0.3 is 0 Å². The minimum atomic E-state index is 0.150. The lowest BCUT2D eigenvalue weighted by Crippen LogP contribution is -2.35. The first-order valence-corrected chi connectivity index (χ1v) is 8.84. The fourth-order valence-electron chi connectivity index (χ4n) is 2.80. The van der Waals surface area contributed by atoms with Gasteiger partial charge in [-0.2, -0.15) is 0 Å². The van der Waals surface area contributed by atoms with Crippen LogP contribution in [-0.2, 0) is 6.54 Å². The van der Waals surface area contributed by atoms with Crippen LogP contribution in [0.5, 0.6) is 0 Å². The number of benzene rings is 1. The van der Waals surface area contributed by atoms with Gasteiger partial charge in [0.15, 0.2) is 0 Å². The summed E-state index contributed by atoms with van der Waals surface area (Å²) in [6.07, 6.45) is 1.32. The molecular formula is C18H29BrN2. The van der Waals surface area contributed by atoms with Crippen LogP contribution in [0.1, 0.15) is 46.6 Å². The molecule has 21 heavy (non-hydrogen) atoms. The standard InChI is InChI=1S/C18H29BrN2/c1-13(2)15-8-9-21(12-15)16-7-6-14(17(19)10-16)11-20-18(3,4)5/h6-7,10,13,15,20H,8-9,11-12H2,1-5H3. The van der Waals surface area contributed by atoms with Gasteiger partial charge in [-0.05, 0) is 56.7 Å². The third kappa shape index (κ3) is 4.72. The Morgan fingerprint density at radius 2 is 2.05 bits per heavy atom. The largest absolute Gasteiger partial charge is 0.371 e. The Morgan fingerprint density at radius 1 is 1.33 bits per heavy atom. The van der Waals surface area contributed by atoms with Crippen molar-refractivity contribution in [2.75, 3.05) is 18.0 Å². The number of nitrogens with zero attached hydrogens (tertiary/aromatic N) is 1. The quantitative estimate of drug-likeness (QED) is 0.835. The second-order valence-corrected chi connectivity index (χ2v) is 8.47. The third-order valence-corrected chi connectivity index (χ3v) is 5.12. The minimum absolute atomic E-state index is 0.150. The van der Waals surface area contributed by atoms with Crippen LogP contribution in [0.2, 0.25) is 0 Å². The van der Waals surface area contributed by atoms with Crippen molar-refractivity contribution in [2.45, 2.75) is 53.1 Å². The molecule has 1 aliphatic heterocycles. The van der Waals surface area contributed by atoms with Gasteiger partial charge in [0, 0.05) is 35.3 Å². The maximum Gasteiger partial charge on any atom is 0.0377 e. The van der Waals surface area contributed by atoms with Gasteiger partial charge < -0.3 is 10.2 Å². The molecule has 1 N–H and O–H groups in total. The summed E-state index contributed by atoms with van der Waals surface area (Å²) < 4.78 is 1.21. The SMILES string of the molecule is CC(C)C1CCN(c2ccc(CNC(C)(C)C)c(Br)c2)C1. The lowest BCUT2D eigenvalue weighted by Gasteiger charge is -2.23. The van der Waals surface area contributed by atoms with Crippen LogP contribution >= 0.6 is 15.9 Å². The molecule has 1 atom stereocenters. The van der Waals surface area contributed by atoms with Crippen molar-refractivity contribution in [1.29, 1.82) is 0 Å². The number of hydrogen-bond donors (Lipinski definition) is 1. The van der Waals surface area contributed by atoms with E-state index in [0.717, 1.165) is 18.4 Å². The predicted octanol–water partition coefficient (Wildman–Crippen LogP) is 4.82. The molecule has 2 nitrogen and oxygen atoms in total. The van der Waals surface area contributed by atoms with Gasteiger partial charge in [-0.1, -0.05) is 35.8 Å². The highest BCUT2D eigenvalue weighted by Crippen LogP contribution is 2.31. The minimum Gasteiger partial charge on any atom is -0.371 e. The van der Waals surface area contributed by atoms with Gasteiger partial charge in [0.05, 0.1) is 0 Å². The summed E-state index contributed by atoms with van der Waals surface area (Å²) in [5, 5.41) is 3.55. The van der Waals surface area contributed by atoms with Gasteiger partial charge in [0.2, 0.25) is 0 Å². The first-order valence-electron chi connectivity index (χ1n) is 8.04. The van der Waals surface area contributed by atoms with Crippen LogP contribution in [-0.4, -0.2) is 18.6 Å². The highest BCUT2D eigenvalue weighted by atomic mass is 79.9. The van der Waals surface area contributed by atoms with E-state index in [4.69, 9.17) is 0 Å². The molecule has 1 unspecified atom stereocenters. The molecule has 0 saturated carbocycles. The van der Waals surface area contributed by atoms with Gasteiger partial charge in [0.25, 0.3) is 0 Å². The molecule has 1 heterocycles. The molecule has 0 aromatic heterocycles. The van der Waals surface area contributed by atoms with Crippen molar-refractivity contribution in [2.24, 2.45) is 11.8 Å². The second-order valence-electron chi connectivity index (χ2n) is 7.62. The first kappa shape index (κ1) is 16.8. The highest BCUT2D eigenvalue weighted by molar-refractivity contribution is 9.10. The Bertz CT molecular complexity index is 477. The highest BCUT2D eigenvalue weighted by Gasteiger charge is 2.25. The second kappa shape index (κ2) is 6.70. The Morgan fingerprint density at radius 3 is 2.57 bits per heavy atom. The van der Waals surface area contributed by atoms with Crippen molar-refractivity contribution < 1.29 is 0 Å². The van der Waals surface area contributed by atoms with E-state index in [0.29, 0.717) is 0 Å². The van der Waals surface area contributed by atoms with Crippen LogP contribution in [0.3, 0.4) is 0 Å². The zero-order chi connectivity index (χ0) is 15.6. The van der Waals surface area contributed by atoms with Crippen molar-refractivity contribution in [1.82, 2.24) is 5.32 Å². The van der Waals surface area contributed by atoms with Gasteiger partial charge in [0.1, 0.15) is 0 Å². The van der Waals surface area contributed by atoms with Gasteiger partial charge in [-0.15, -0.1) is 0 Å². The zero-order valence-electron chi connectivity index (χ0n) is 14.0. The fraction of sp³-hybridized carbons (Fsp3) is 0.667. The Kier molecular flexibility index (Phi) is 5.37. The van der Waals surface area contributed by atoms with Crippen molar-refractivity contribution in [3.8, 4) is 0 Å². The van der Waals surface area contributed by atoms with Crippen LogP contribution in [0.15, 0.2) is 22.7 Å². The molecule has 2 rings (SSSR count). The van der Waals surface area contributed by atoms with E-state index < -0.39 is 0 Å². The third-order valence-electron chi connectivity index (χ3n) is 4.38. The number of hydrogen-bond acceptors (Lipinski definition) is 2. The van der Waals surface area contributed by atoms with E-state index in [1.807, 2.05) is 0 Å². The molecule has 1 fully saturated rings. The van der Waals surface area contributed by atoms with Crippen LogP contribution in [0.25, 0.3) is 0 Å². The van der Waals surface area contributed by atoms with E-state index in [2.05, 4.69) is 79.0 Å². The summed E-state index contributed by atoms with van der Waals surface area (Å²) in [7, 11) is 0. The van der Waals surface area contributed by atoms with Crippen molar-refractivity contribution in [3.05, 3.63) is 28.2 Å². The number of nitrogens with one attached hydrogen (secondary N) is 1. The Labute approximate surface area is 138 Å². The molecule has 1 aromatic carbocycles. The van der Waals surface area contributed by atoms with E-state index in [9.17, 15) is 0 Å². The molecule has 1 aliphatic rings. The van der Waals surface area contributed by atoms with E-state index >= 15 is 0 Å². The molecular weight excluding hydrogens is 324 g/mol. The molecule has 0 bridgehead atoms. The molecule has 1 saturated heterocycles. The smallest absolute Gasteiger partial charge is 0.0377 e. The summed E-state index contributed by atoms with van der Waals surface area (Å²) in [6, 6.07) is 6.80. The predicted molar refractivity (Wildman–Crippen MR) is 95.9 cm³/mol. The van der Waals surface area contributed by atoms with Crippen LogP contribution < -0.4 is 10.2 Å². The molecule has 0 aliphatic carbocycles. The fourth-order valence-corrected chi connectivity index (χ4v) is 3.31. The number of anilines is 1. The number of rotatable bonds is 4. The van der Waals surface area contributed by atoms with Crippen molar-refractivity contribution in [3.63, 3.8) is 0 Å². The van der Waals surface area contributed by atoms with E-state index in [1.165, 1.54) is 35.2 Å². The summed E-state index contributed by atoms with van der Waals surface area (Å²) in [6.45, 7) is 14.6. The monoisotopic (exact) mass is 352 g/mol. The van der Waals surface area contributed by atoms with Gasteiger partial charge in [-0.3, -0.25) is 0 Å². The van der Waals surface area contributed by atoms with Crippen LogP contribution in [0, 0.1) is 11.8 Å². The maximum atomic E-state index is 3.74. The summed E-state index contributed by atoms with van der Waals surface area (Å²) >= 11 is 3.74. The van der Waals surface area contributed by atoms with Gasteiger partial charge in [-0.25, -0.2) is 0 Å². The van der Waals surface area contributed by atoms with E-state index in [-0.39, 0.29) is 5.54 Å². The van der Waals surface area contributed by atoms with Crippen molar-refractivity contribution >= 4 is 21.6 Å². The van der Waals surface area contributed by atoms with Crippen LogP contribution in [0.4, 0.5) is 5.69 Å². The molecule has 118 valence electrons. The summed E-state index contributed by atoms with van der Waals surface area (Å²) in [5.41, 5.74) is 2.83. The summed E-state index contributed by atoms with van der Waals surface area (Å²) in [5.74, 6) is 1.62. The molecule has 0 radical (unpaired) electrons.